The van der Waals surface area contributed by atoms with Crippen LogP contribution >= 0.6 is 11.8 Å². The van der Waals surface area contributed by atoms with Crippen molar-refractivity contribution in [1.29, 1.82) is 0 Å². The summed E-state index contributed by atoms with van der Waals surface area (Å²) in [4.78, 5) is 2.70. The fraction of sp³-hybridized carbons (Fsp3) is 0.867. The smallest absolute Gasteiger partial charge is 0.0308 e. The van der Waals surface area contributed by atoms with Gasteiger partial charge in [-0.15, -0.1) is 6.58 Å². The van der Waals surface area contributed by atoms with Crippen molar-refractivity contribution in [2.75, 3.05) is 37.7 Å². The Kier molecular flexibility index (Phi) is 6.06. The predicted molar refractivity (Wildman–Crippen MR) is 82.4 cm³/mol. The molecule has 2 rings (SSSR count). The van der Waals surface area contributed by atoms with Crippen molar-refractivity contribution in [3.05, 3.63) is 12.7 Å². The largest absolute Gasteiger partial charge is 0.310 e. The van der Waals surface area contributed by atoms with Crippen LogP contribution in [-0.2, 0) is 0 Å². The molecular formula is C15H28N2S. The topological polar surface area (TPSA) is 15.3 Å². The molecule has 1 spiro atoms. The van der Waals surface area contributed by atoms with Gasteiger partial charge in [0.1, 0.15) is 0 Å². The fourth-order valence-corrected chi connectivity index (χ4v) is 4.05. The van der Waals surface area contributed by atoms with Crippen LogP contribution in [0.2, 0.25) is 0 Å². The quantitative estimate of drug-likeness (QED) is 0.610. The fourth-order valence-electron chi connectivity index (χ4n) is 3.33. The summed E-state index contributed by atoms with van der Waals surface area (Å²) in [7, 11) is 0. The summed E-state index contributed by atoms with van der Waals surface area (Å²) < 4.78 is 0. The zero-order valence-corrected chi connectivity index (χ0v) is 12.4. The van der Waals surface area contributed by atoms with E-state index in [2.05, 4.69) is 16.8 Å². The average molecular weight is 268 g/mol. The van der Waals surface area contributed by atoms with Gasteiger partial charge in [-0.2, -0.15) is 11.8 Å². The molecule has 3 heteroatoms. The molecule has 0 amide bonds. The first-order valence-electron chi connectivity index (χ1n) is 7.51. The number of nitrogens with one attached hydrogen (secondary N) is 1. The Morgan fingerprint density at radius 1 is 1.22 bits per heavy atom. The SMILES string of the molecule is C=CCSCCN1CCCNC2(CCCCC2)C1. The lowest BCUT2D eigenvalue weighted by Crippen LogP contribution is -2.52. The molecule has 2 aliphatic rings. The molecule has 104 valence electrons. The molecule has 0 aromatic carbocycles. The van der Waals surface area contributed by atoms with E-state index in [4.69, 9.17) is 0 Å². The van der Waals surface area contributed by atoms with Gasteiger partial charge in [-0.25, -0.2) is 0 Å². The number of hydrogen-bond donors (Lipinski definition) is 1. The molecule has 0 atom stereocenters. The third-order valence-corrected chi connectivity index (χ3v) is 5.22. The van der Waals surface area contributed by atoms with E-state index in [1.807, 2.05) is 17.8 Å². The predicted octanol–water partition coefficient (Wildman–Crippen LogP) is 2.90. The van der Waals surface area contributed by atoms with Gasteiger partial charge in [-0.05, 0) is 32.4 Å². The number of hydrogen-bond acceptors (Lipinski definition) is 3. The van der Waals surface area contributed by atoms with Crippen molar-refractivity contribution >= 4 is 11.8 Å². The summed E-state index contributed by atoms with van der Waals surface area (Å²) in [6.45, 7) is 8.81. The van der Waals surface area contributed by atoms with Crippen LogP contribution in [0, 0.1) is 0 Å². The Morgan fingerprint density at radius 2 is 2.06 bits per heavy atom. The molecule has 2 fully saturated rings. The molecule has 18 heavy (non-hydrogen) atoms. The van der Waals surface area contributed by atoms with E-state index < -0.39 is 0 Å². The lowest BCUT2D eigenvalue weighted by Gasteiger charge is -2.40. The van der Waals surface area contributed by atoms with Gasteiger partial charge < -0.3 is 10.2 Å². The molecule has 2 nitrogen and oxygen atoms in total. The molecule has 1 N–H and O–H groups in total. The zero-order chi connectivity index (χ0) is 12.7. The molecule has 1 saturated heterocycles. The second kappa shape index (κ2) is 7.56. The molecular weight excluding hydrogens is 240 g/mol. The first-order valence-corrected chi connectivity index (χ1v) is 8.66. The number of rotatable bonds is 5. The minimum atomic E-state index is 0.456. The van der Waals surface area contributed by atoms with Crippen LogP contribution in [0.5, 0.6) is 0 Å². The Bertz CT molecular complexity index is 249. The van der Waals surface area contributed by atoms with E-state index >= 15 is 0 Å². The van der Waals surface area contributed by atoms with Gasteiger partial charge in [0.25, 0.3) is 0 Å². The van der Waals surface area contributed by atoms with Crippen LogP contribution in [0.4, 0.5) is 0 Å². The average Bonchev–Trinajstić information content (AvgIpc) is 2.59. The molecule has 0 aromatic heterocycles. The highest BCUT2D eigenvalue weighted by atomic mass is 32.2. The molecule has 1 aliphatic carbocycles. The summed E-state index contributed by atoms with van der Waals surface area (Å²) in [5.41, 5.74) is 0.456. The van der Waals surface area contributed by atoms with Gasteiger partial charge >= 0.3 is 0 Å². The molecule has 1 heterocycles. The molecule has 0 aromatic rings. The second-order valence-electron chi connectivity index (χ2n) is 5.76. The van der Waals surface area contributed by atoms with Gasteiger partial charge in [-0.3, -0.25) is 0 Å². The van der Waals surface area contributed by atoms with Gasteiger partial charge in [0, 0.05) is 30.1 Å². The van der Waals surface area contributed by atoms with E-state index in [-0.39, 0.29) is 0 Å². The maximum Gasteiger partial charge on any atom is 0.0308 e. The van der Waals surface area contributed by atoms with Crippen LogP contribution in [0.15, 0.2) is 12.7 Å². The highest BCUT2D eigenvalue weighted by Crippen LogP contribution is 2.30. The summed E-state index contributed by atoms with van der Waals surface area (Å²) >= 11 is 2.01. The maximum atomic E-state index is 3.86. The molecule has 1 aliphatic heterocycles. The third-order valence-electron chi connectivity index (χ3n) is 4.28. The van der Waals surface area contributed by atoms with Crippen LogP contribution in [0.1, 0.15) is 38.5 Å². The molecule has 0 radical (unpaired) electrons. The monoisotopic (exact) mass is 268 g/mol. The van der Waals surface area contributed by atoms with Crippen molar-refractivity contribution < 1.29 is 0 Å². The molecule has 0 unspecified atom stereocenters. The summed E-state index contributed by atoms with van der Waals surface area (Å²) in [5, 5.41) is 3.86. The van der Waals surface area contributed by atoms with Crippen molar-refractivity contribution in [2.24, 2.45) is 0 Å². The van der Waals surface area contributed by atoms with Gasteiger partial charge in [-0.1, -0.05) is 25.3 Å². The van der Waals surface area contributed by atoms with Crippen molar-refractivity contribution in [3.8, 4) is 0 Å². The van der Waals surface area contributed by atoms with Crippen LogP contribution in [0.3, 0.4) is 0 Å². The normalized spacial score (nSPS) is 24.9. The zero-order valence-electron chi connectivity index (χ0n) is 11.6. The molecule has 0 bridgehead atoms. The summed E-state index contributed by atoms with van der Waals surface area (Å²) in [6, 6.07) is 0. The first-order chi connectivity index (χ1) is 8.85. The lowest BCUT2D eigenvalue weighted by atomic mass is 9.81. The first kappa shape index (κ1) is 14.4. The van der Waals surface area contributed by atoms with Gasteiger partial charge in [0.05, 0.1) is 0 Å². The van der Waals surface area contributed by atoms with E-state index in [1.54, 1.807) is 0 Å². The van der Waals surface area contributed by atoms with Gasteiger partial charge in [0.15, 0.2) is 0 Å². The maximum absolute atomic E-state index is 3.86. The van der Waals surface area contributed by atoms with Crippen molar-refractivity contribution in [1.82, 2.24) is 10.2 Å². The van der Waals surface area contributed by atoms with Crippen molar-refractivity contribution in [3.63, 3.8) is 0 Å². The van der Waals surface area contributed by atoms with Crippen LogP contribution < -0.4 is 5.32 Å². The molecule has 1 saturated carbocycles. The highest BCUT2D eigenvalue weighted by molar-refractivity contribution is 7.99. The Hall–Kier alpha value is 0.01000. The highest BCUT2D eigenvalue weighted by Gasteiger charge is 2.34. The Balaban J connectivity index is 1.80. The summed E-state index contributed by atoms with van der Waals surface area (Å²) in [5.74, 6) is 2.35. The van der Waals surface area contributed by atoms with E-state index in [0.29, 0.717) is 5.54 Å². The van der Waals surface area contributed by atoms with Gasteiger partial charge in [0.2, 0.25) is 0 Å². The second-order valence-corrected chi connectivity index (χ2v) is 6.91. The Labute approximate surface area is 117 Å². The van der Waals surface area contributed by atoms with Crippen LogP contribution in [-0.4, -0.2) is 48.1 Å². The van der Waals surface area contributed by atoms with Crippen LogP contribution in [0.25, 0.3) is 0 Å². The van der Waals surface area contributed by atoms with E-state index in [0.717, 1.165) is 5.75 Å². The summed E-state index contributed by atoms with van der Waals surface area (Å²) in [6.07, 6.45) is 10.4. The van der Waals surface area contributed by atoms with E-state index in [1.165, 1.54) is 70.5 Å². The lowest BCUT2D eigenvalue weighted by molar-refractivity contribution is 0.170. The number of thioether (sulfide) groups is 1. The van der Waals surface area contributed by atoms with E-state index in [9.17, 15) is 0 Å². The minimum absolute atomic E-state index is 0.456. The standard InChI is InChI=1S/C15H28N2S/c1-2-12-18-13-11-17-10-6-9-16-15(14-17)7-4-3-5-8-15/h2,16H,1,3-14H2. The number of nitrogens with zero attached hydrogens (tertiary/aromatic N) is 1. The third kappa shape index (κ3) is 4.29. The van der Waals surface area contributed by atoms with Crippen molar-refractivity contribution in [2.45, 2.75) is 44.1 Å². The Morgan fingerprint density at radius 3 is 2.83 bits per heavy atom. The minimum Gasteiger partial charge on any atom is -0.310 e.